The van der Waals surface area contributed by atoms with Crippen LogP contribution < -0.4 is 15.0 Å². The first-order valence-corrected chi connectivity index (χ1v) is 7.71. The summed E-state index contributed by atoms with van der Waals surface area (Å²) in [6.45, 7) is 4.08. The average Bonchev–Trinajstić information content (AvgIpc) is 2.97. The Balaban J connectivity index is 1.61. The van der Waals surface area contributed by atoms with Gasteiger partial charge in [0.05, 0.1) is 24.9 Å². The Hall–Kier alpha value is -1.82. The van der Waals surface area contributed by atoms with Gasteiger partial charge in [0.2, 0.25) is 5.91 Å². The molecule has 0 saturated carbocycles. The van der Waals surface area contributed by atoms with E-state index in [2.05, 4.69) is 5.32 Å². The van der Waals surface area contributed by atoms with Gasteiger partial charge in [0.1, 0.15) is 17.7 Å². The van der Waals surface area contributed by atoms with Gasteiger partial charge < -0.3 is 19.7 Å². The zero-order chi connectivity index (χ0) is 15.5. The number of carbonyl (C=O) groups excluding carboxylic acids is 1. The molecule has 0 radical (unpaired) electrons. The molecule has 2 atom stereocenters. The molecule has 0 unspecified atom stereocenters. The fourth-order valence-corrected chi connectivity index (χ4v) is 2.92. The summed E-state index contributed by atoms with van der Waals surface area (Å²) < 4.78 is 24.4. The smallest absolute Gasteiger partial charge is 0.239 e. The van der Waals surface area contributed by atoms with Crippen LogP contribution in [0.1, 0.15) is 19.8 Å². The predicted octanol–water partition coefficient (Wildman–Crippen LogP) is 1.71. The van der Waals surface area contributed by atoms with Crippen molar-refractivity contribution in [2.24, 2.45) is 0 Å². The number of amides is 1. The number of nitrogens with zero attached hydrogens (tertiary/aromatic N) is 1. The third kappa shape index (κ3) is 3.50. The Morgan fingerprint density at radius 1 is 1.50 bits per heavy atom. The topological polar surface area (TPSA) is 50.8 Å². The minimum Gasteiger partial charge on any atom is -0.487 e. The number of benzene rings is 1. The number of halogens is 1. The van der Waals surface area contributed by atoms with Crippen molar-refractivity contribution in [2.45, 2.75) is 32.0 Å². The van der Waals surface area contributed by atoms with Crippen LogP contribution in [-0.4, -0.2) is 44.4 Å². The lowest BCUT2D eigenvalue weighted by molar-refractivity contribution is -0.120. The van der Waals surface area contributed by atoms with Crippen LogP contribution in [-0.2, 0) is 9.53 Å². The van der Waals surface area contributed by atoms with Crippen molar-refractivity contribution in [2.75, 3.05) is 31.1 Å². The molecule has 2 heterocycles. The lowest BCUT2D eigenvalue weighted by Crippen LogP contribution is -2.45. The van der Waals surface area contributed by atoms with E-state index in [9.17, 15) is 9.18 Å². The van der Waals surface area contributed by atoms with E-state index >= 15 is 0 Å². The molecule has 0 bridgehead atoms. The molecule has 2 aliphatic rings. The van der Waals surface area contributed by atoms with Gasteiger partial charge in [-0.05, 0) is 31.9 Å². The molecule has 3 rings (SSSR count). The normalized spacial score (nSPS) is 23.8. The van der Waals surface area contributed by atoms with Crippen LogP contribution >= 0.6 is 0 Å². The Bertz CT molecular complexity index is 546. The predicted molar refractivity (Wildman–Crippen MR) is 80.7 cm³/mol. The third-order valence-corrected chi connectivity index (χ3v) is 3.95. The molecule has 2 aliphatic heterocycles. The quantitative estimate of drug-likeness (QED) is 0.920. The largest absolute Gasteiger partial charge is 0.487 e. The molecule has 1 amide bonds. The van der Waals surface area contributed by atoms with E-state index in [-0.39, 0.29) is 30.5 Å². The fraction of sp³-hybridized carbons (Fsp3) is 0.562. The molecule has 120 valence electrons. The third-order valence-electron chi connectivity index (χ3n) is 3.95. The highest BCUT2D eigenvalue weighted by Gasteiger charge is 2.25. The Labute approximate surface area is 129 Å². The summed E-state index contributed by atoms with van der Waals surface area (Å²) in [4.78, 5) is 14.1. The van der Waals surface area contributed by atoms with Crippen molar-refractivity contribution in [1.29, 1.82) is 0 Å². The second-order valence-electron chi connectivity index (χ2n) is 5.86. The van der Waals surface area contributed by atoms with Gasteiger partial charge in [0, 0.05) is 19.2 Å². The van der Waals surface area contributed by atoms with Crippen LogP contribution in [0.2, 0.25) is 0 Å². The lowest BCUT2D eigenvalue weighted by Gasteiger charge is -2.34. The van der Waals surface area contributed by atoms with Gasteiger partial charge in [-0.2, -0.15) is 0 Å². The molecule has 1 N–H and O–H groups in total. The van der Waals surface area contributed by atoms with Crippen LogP contribution in [0, 0.1) is 5.82 Å². The van der Waals surface area contributed by atoms with Gasteiger partial charge in [-0.3, -0.25) is 4.79 Å². The molecule has 1 fully saturated rings. The van der Waals surface area contributed by atoms with Gasteiger partial charge in [0.25, 0.3) is 0 Å². The maximum absolute atomic E-state index is 13.3. The first kappa shape index (κ1) is 15.1. The molecular formula is C16H21FN2O3. The van der Waals surface area contributed by atoms with Crippen molar-refractivity contribution in [3.63, 3.8) is 0 Å². The number of hydrogen-bond donors (Lipinski definition) is 1. The van der Waals surface area contributed by atoms with E-state index in [0.717, 1.165) is 25.1 Å². The molecular weight excluding hydrogens is 287 g/mol. The van der Waals surface area contributed by atoms with Gasteiger partial charge in [-0.1, -0.05) is 0 Å². The SMILES string of the molecule is C[C@H]1CN(CC(=O)NC[C@@H]2CCCO2)c2ccc(F)cc2O1. The van der Waals surface area contributed by atoms with Crippen LogP contribution in [0.5, 0.6) is 5.75 Å². The summed E-state index contributed by atoms with van der Waals surface area (Å²) in [5.41, 5.74) is 0.756. The van der Waals surface area contributed by atoms with Crippen LogP contribution in [0.4, 0.5) is 10.1 Å². The fourth-order valence-electron chi connectivity index (χ4n) is 2.92. The molecule has 0 aromatic heterocycles. The molecule has 1 aromatic carbocycles. The number of nitrogens with one attached hydrogen (secondary N) is 1. The monoisotopic (exact) mass is 308 g/mol. The summed E-state index contributed by atoms with van der Waals surface area (Å²) in [7, 11) is 0. The number of ether oxygens (including phenoxy) is 2. The van der Waals surface area contributed by atoms with Crippen molar-refractivity contribution in [3.8, 4) is 5.75 Å². The minimum atomic E-state index is -0.337. The molecule has 6 heteroatoms. The molecule has 0 spiro atoms. The van der Waals surface area contributed by atoms with Gasteiger partial charge in [-0.25, -0.2) is 4.39 Å². The summed E-state index contributed by atoms with van der Waals surface area (Å²) in [6, 6.07) is 4.40. The van der Waals surface area contributed by atoms with E-state index in [1.54, 1.807) is 6.07 Å². The second-order valence-corrected chi connectivity index (χ2v) is 5.86. The van der Waals surface area contributed by atoms with E-state index in [0.29, 0.717) is 18.8 Å². The zero-order valence-electron chi connectivity index (χ0n) is 12.7. The van der Waals surface area contributed by atoms with Crippen molar-refractivity contribution in [3.05, 3.63) is 24.0 Å². The van der Waals surface area contributed by atoms with Crippen molar-refractivity contribution in [1.82, 2.24) is 5.32 Å². The molecule has 0 aliphatic carbocycles. The molecule has 1 saturated heterocycles. The van der Waals surface area contributed by atoms with Crippen molar-refractivity contribution >= 4 is 11.6 Å². The first-order valence-electron chi connectivity index (χ1n) is 7.71. The average molecular weight is 308 g/mol. The van der Waals surface area contributed by atoms with Crippen LogP contribution in [0.25, 0.3) is 0 Å². The molecule has 1 aromatic rings. The maximum Gasteiger partial charge on any atom is 0.239 e. The van der Waals surface area contributed by atoms with Gasteiger partial charge >= 0.3 is 0 Å². The summed E-state index contributed by atoms with van der Waals surface area (Å²) in [5.74, 6) is 0.0983. The molecule has 5 nitrogen and oxygen atoms in total. The summed E-state index contributed by atoms with van der Waals surface area (Å²) in [5, 5.41) is 2.91. The zero-order valence-corrected chi connectivity index (χ0v) is 12.7. The molecule has 22 heavy (non-hydrogen) atoms. The number of hydrogen-bond acceptors (Lipinski definition) is 4. The van der Waals surface area contributed by atoms with E-state index in [1.165, 1.54) is 12.1 Å². The van der Waals surface area contributed by atoms with Crippen LogP contribution in [0.15, 0.2) is 18.2 Å². The maximum atomic E-state index is 13.3. The van der Waals surface area contributed by atoms with Gasteiger partial charge in [-0.15, -0.1) is 0 Å². The Kier molecular flexibility index (Phi) is 4.47. The second kappa shape index (κ2) is 6.52. The first-order chi connectivity index (χ1) is 10.6. The summed E-state index contributed by atoms with van der Waals surface area (Å²) >= 11 is 0. The Morgan fingerprint density at radius 3 is 3.14 bits per heavy atom. The summed E-state index contributed by atoms with van der Waals surface area (Å²) in [6.07, 6.45) is 2.10. The minimum absolute atomic E-state index is 0.0557. The number of carbonyl (C=O) groups is 1. The van der Waals surface area contributed by atoms with E-state index in [4.69, 9.17) is 9.47 Å². The van der Waals surface area contributed by atoms with E-state index < -0.39 is 0 Å². The number of anilines is 1. The van der Waals surface area contributed by atoms with Crippen molar-refractivity contribution < 1.29 is 18.7 Å². The van der Waals surface area contributed by atoms with Crippen LogP contribution in [0.3, 0.4) is 0 Å². The highest BCUT2D eigenvalue weighted by molar-refractivity contribution is 5.82. The standard InChI is InChI=1S/C16H21FN2O3/c1-11-9-19(14-5-4-12(17)7-15(14)22-11)10-16(20)18-8-13-3-2-6-21-13/h4-5,7,11,13H,2-3,6,8-10H2,1H3,(H,18,20)/t11-,13-/m0/s1. The highest BCUT2D eigenvalue weighted by Crippen LogP contribution is 2.33. The lowest BCUT2D eigenvalue weighted by atomic mass is 10.2. The highest BCUT2D eigenvalue weighted by atomic mass is 19.1. The Morgan fingerprint density at radius 2 is 2.36 bits per heavy atom. The number of rotatable bonds is 4. The van der Waals surface area contributed by atoms with Gasteiger partial charge in [0.15, 0.2) is 0 Å². The van der Waals surface area contributed by atoms with E-state index in [1.807, 2.05) is 11.8 Å². The number of fused-ring (bicyclic) bond motifs is 1.